The maximum absolute atomic E-state index is 11.2. The molecule has 0 aromatic carbocycles. The van der Waals surface area contributed by atoms with E-state index in [1.54, 1.807) is 6.92 Å². The Labute approximate surface area is 101 Å². The van der Waals surface area contributed by atoms with Crippen LogP contribution < -0.4 is 10.9 Å². The predicted octanol–water partition coefficient (Wildman–Crippen LogP) is 0.947. The zero-order valence-corrected chi connectivity index (χ0v) is 10.6. The van der Waals surface area contributed by atoms with Gasteiger partial charge in [-0.15, -0.1) is 0 Å². The number of hydrogen-bond acceptors (Lipinski definition) is 4. The third-order valence-electron chi connectivity index (χ3n) is 1.89. The Morgan fingerprint density at radius 1 is 1.73 bits per heavy atom. The van der Waals surface area contributed by atoms with E-state index >= 15 is 0 Å². The van der Waals surface area contributed by atoms with Crippen LogP contribution in [0.15, 0.2) is 11.1 Å². The summed E-state index contributed by atoms with van der Waals surface area (Å²) >= 11 is 1.95. The molecule has 5 nitrogen and oxygen atoms in total. The average molecular weight is 323 g/mol. The topological polar surface area (TPSA) is 78.0 Å². The zero-order chi connectivity index (χ0) is 11.3. The number of nitrogens with zero attached hydrogens (tertiary/aromatic N) is 1. The first-order valence-corrected chi connectivity index (χ1v) is 5.84. The van der Waals surface area contributed by atoms with Gasteiger partial charge in [-0.25, -0.2) is 4.98 Å². The molecule has 1 atom stereocenters. The van der Waals surface area contributed by atoms with E-state index in [0.717, 1.165) is 12.8 Å². The van der Waals surface area contributed by atoms with E-state index in [1.165, 1.54) is 6.33 Å². The molecule has 1 heterocycles. The van der Waals surface area contributed by atoms with Crippen LogP contribution in [0.4, 0.5) is 5.82 Å². The fraction of sp³-hybridized carbons (Fsp3) is 0.556. The normalized spacial score (nSPS) is 12.5. The summed E-state index contributed by atoms with van der Waals surface area (Å²) in [5.74, 6) is 0.602. The Morgan fingerprint density at radius 2 is 2.47 bits per heavy atom. The number of anilines is 1. The van der Waals surface area contributed by atoms with E-state index in [2.05, 4.69) is 15.3 Å². The van der Waals surface area contributed by atoms with Gasteiger partial charge in [-0.1, -0.05) is 0 Å². The molecular formula is C9H14IN3O2. The maximum Gasteiger partial charge on any atom is 0.266 e. The van der Waals surface area contributed by atoms with Crippen LogP contribution in [0.3, 0.4) is 0 Å². The van der Waals surface area contributed by atoms with Crippen molar-refractivity contribution in [1.82, 2.24) is 9.97 Å². The molecule has 15 heavy (non-hydrogen) atoms. The standard InChI is InChI=1S/C9H14IN3O2/c1-6(14)3-2-4-11-8-7(10)9(15)13-5-12-8/h5-6,14H,2-4H2,1H3,(H2,11,12,13,15). The van der Waals surface area contributed by atoms with Gasteiger partial charge in [0.25, 0.3) is 5.56 Å². The number of rotatable bonds is 5. The van der Waals surface area contributed by atoms with Crippen LogP contribution in [0.25, 0.3) is 0 Å². The average Bonchev–Trinajstić information content (AvgIpc) is 2.18. The second-order valence-electron chi connectivity index (χ2n) is 3.31. The molecule has 0 aliphatic carbocycles. The quantitative estimate of drug-likeness (QED) is 0.557. The number of aromatic amines is 1. The van der Waals surface area contributed by atoms with Crippen LogP contribution in [0, 0.1) is 3.57 Å². The van der Waals surface area contributed by atoms with Crippen molar-refractivity contribution in [3.05, 3.63) is 20.3 Å². The van der Waals surface area contributed by atoms with Gasteiger partial charge in [0, 0.05) is 6.54 Å². The van der Waals surface area contributed by atoms with Crippen LogP contribution in [-0.4, -0.2) is 27.7 Å². The third kappa shape index (κ3) is 4.17. The van der Waals surface area contributed by atoms with Crippen molar-refractivity contribution in [3.8, 4) is 0 Å². The zero-order valence-electron chi connectivity index (χ0n) is 8.46. The molecule has 0 amide bonds. The highest BCUT2D eigenvalue weighted by Crippen LogP contribution is 2.08. The van der Waals surface area contributed by atoms with E-state index in [1.807, 2.05) is 22.6 Å². The monoisotopic (exact) mass is 323 g/mol. The van der Waals surface area contributed by atoms with Gasteiger partial charge in [0.1, 0.15) is 9.39 Å². The molecule has 0 saturated heterocycles. The van der Waals surface area contributed by atoms with E-state index in [4.69, 9.17) is 5.11 Å². The third-order valence-corrected chi connectivity index (χ3v) is 2.89. The first-order valence-electron chi connectivity index (χ1n) is 4.76. The van der Waals surface area contributed by atoms with E-state index in [-0.39, 0.29) is 11.7 Å². The number of halogens is 1. The van der Waals surface area contributed by atoms with Crippen molar-refractivity contribution >= 4 is 28.4 Å². The molecule has 1 aromatic rings. The molecular weight excluding hydrogens is 309 g/mol. The van der Waals surface area contributed by atoms with Crippen LogP contribution in [0.2, 0.25) is 0 Å². The molecule has 84 valence electrons. The van der Waals surface area contributed by atoms with Gasteiger partial charge in [0.05, 0.1) is 12.4 Å². The number of nitrogens with one attached hydrogen (secondary N) is 2. The number of aromatic nitrogens is 2. The van der Waals surface area contributed by atoms with Gasteiger partial charge in [-0.2, -0.15) is 0 Å². The number of aliphatic hydroxyl groups excluding tert-OH is 1. The molecule has 0 aliphatic rings. The van der Waals surface area contributed by atoms with Crippen LogP contribution in [0.1, 0.15) is 19.8 Å². The van der Waals surface area contributed by atoms with Gasteiger partial charge in [0.15, 0.2) is 0 Å². The summed E-state index contributed by atoms with van der Waals surface area (Å²) in [6.45, 7) is 2.46. The second-order valence-corrected chi connectivity index (χ2v) is 4.39. The summed E-state index contributed by atoms with van der Waals surface area (Å²) in [6.07, 6.45) is 2.69. The molecule has 6 heteroatoms. The van der Waals surface area contributed by atoms with E-state index < -0.39 is 0 Å². The van der Waals surface area contributed by atoms with Crippen molar-refractivity contribution in [2.75, 3.05) is 11.9 Å². The summed E-state index contributed by atoms with van der Waals surface area (Å²) in [6, 6.07) is 0. The van der Waals surface area contributed by atoms with Crippen molar-refractivity contribution in [3.63, 3.8) is 0 Å². The maximum atomic E-state index is 11.2. The molecule has 1 aromatic heterocycles. The highest BCUT2D eigenvalue weighted by Gasteiger charge is 2.03. The summed E-state index contributed by atoms with van der Waals surface area (Å²) in [5, 5.41) is 12.1. The molecule has 1 unspecified atom stereocenters. The van der Waals surface area contributed by atoms with Gasteiger partial charge in [0.2, 0.25) is 0 Å². The second kappa shape index (κ2) is 6.06. The largest absolute Gasteiger partial charge is 0.393 e. The van der Waals surface area contributed by atoms with Crippen LogP contribution in [0.5, 0.6) is 0 Å². The Morgan fingerprint density at radius 3 is 3.13 bits per heavy atom. The van der Waals surface area contributed by atoms with Crippen LogP contribution in [-0.2, 0) is 0 Å². The summed E-state index contributed by atoms with van der Waals surface area (Å²) in [4.78, 5) is 17.7. The smallest absolute Gasteiger partial charge is 0.266 e. The Hall–Kier alpha value is -0.630. The van der Waals surface area contributed by atoms with Crippen LogP contribution >= 0.6 is 22.6 Å². The lowest BCUT2D eigenvalue weighted by Gasteiger charge is -2.07. The molecule has 0 fully saturated rings. The summed E-state index contributed by atoms with van der Waals surface area (Å²) in [5.41, 5.74) is -0.136. The SMILES string of the molecule is CC(O)CCCNc1nc[nH]c(=O)c1I. The Kier molecular flexibility index (Phi) is 5.03. The minimum absolute atomic E-state index is 0.136. The lowest BCUT2D eigenvalue weighted by Crippen LogP contribution is -2.15. The molecule has 0 aliphatic heterocycles. The molecule has 0 spiro atoms. The Bertz CT molecular complexity index is 365. The molecule has 3 N–H and O–H groups in total. The predicted molar refractivity (Wildman–Crippen MR) is 67.0 cm³/mol. The minimum Gasteiger partial charge on any atom is -0.393 e. The van der Waals surface area contributed by atoms with Crippen molar-refractivity contribution in [1.29, 1.82) is 0 Å². The first kappa shape index (κ1) is 12.4. The lowest BCUT2D eigenvalue weighted by molar-refractivity contribution is 0.183. The molecule has 0 radical (unpaired) electrons. The molecule has 1 rings (SSSR count). The number of aliphatic hydroxyl groups is 1. The summed E-state index contributed by atoms with van der Waals surface area (Å²) < 4.78 is 0.562. The van der Waals surface area contributed by atoms with E-state index in [9.17, 15) is 4.79 Å². The number of H-pyrrole nitrogens is 1. The Balaban J connectivity index is 2.44. The fourth-order valence-electron chi connectivity index (χ4n) is 1.11. The minimum atomic E-state index is -0.280. The first-order chi connectivity index (χ1) is 7.11. The van der Waals surface area contributed by atoms with Gasteiger partial charge in [-0.05, 0) is 42.4 Å². The van der Waals surface area contributed by atoms with Crippen molar-refractivity contribution in [2.24, 2.45) is 0 Å². The number of hydrogen-bond donors (Lipinski definition) is 3. The lowest BCUT2D eigenvalue weighted by atomic mass is 10.2. The van der Waals surface area contributed by atoms with E-state index in [0.29, 0.717) is 15.9 Å². The highest BCUT2D eigenvalue weighted by atomic mass is 127. The fourth-order valence-corrected chi connectivity index (χ4v) is 1.60. The van der Waals surface area contributed by atoms with Gasteiger partial charge >= 0.3 is 0 Å². The summed E-state index contributed by atoms with van der Waals surface area (Å²) in [7, 11) is 0. The van der Waals surface area contributed by atoms with Crippen molar-refractivity contribution in [2.45, 2.75) is 25.9 Å². The molecule has 0 bridgehead atoms. The molecule has 0 saturated carbocycles. The van der Waals surface area contributed by atoms with Gasteiger partial charge < -0.3 is 15.4 Å². The van der Waals surface area contributed by atoms with Crippen molar-refractivity contribution < 1.29 is 5.11 Å². The van der Waals surface area contributed by atoms with Gasteiger partial charge in [-0.3, -0.25) is 4.79 Å². The highest BCUT2D eigenvalue weighted by molar-refractivity contribution is 14.1.